The van der Waals surface area contributed by atoms with Crippen LogP contribution in [0.3, 0.4) is 0 Å². The van der Waals surface area contributed by atoms with E-state index in [0.717, 1.165) is 6.07 Å². The molecule has 0 atom stereocenters. The lowest BCUT2D eigenvalue weighted by Gasteiger charge is -2.05. The van der Waals surface area contributed by atoms with E-state index in [2.05, 4.69) is 9.97 Å². The van der Waals surface area contributed by atoms with Gasteiger partial charge in [-0.1, -0.05) is 29.3 Å². The Morgan fingerprint density at radius 2 is 2.00 bits per heavy atom. The predicted molar refractivity (Wildman–Crippen MR) is 64.4 cm³/mol. The first-order chi connectivity index (χ1) is 8.49. The fourth-order valence-electron chi connectivity index (χ4n) is 1.35. The zero-order chi connectivity index (χ0) is 13.3. The van der Waals surface area contributed by atoms with E-state index in [1.807, 2.05) is 0 Å². The summed E-state index contributed by atoms with van der Waals surface area (Å²) in [7, 11) is 0. The lowest BCUT2D eigenvalue weighted by atomic mass is 10.2. The highest BCUT2D eigenvalue weighted by molar-refractivity contribution is 6.33. The van der Waals surface area contributed by atoms with Crippen molar-refractivity contribution in [2.24, 2.45) is 0 Å². The molecule has 0 saturated carbocycles. The van der Waals surface area contributed by atoms with Gasteiger partial charge in [-0.3, -0.25) is 0 Å². The number of carbonyl (C=O) groups is 1. The van der Waals surface area contributed by atoms with Gasteiger partial charge in [0.15, 0.2) is 11.5 Å². The second kappa shape index (κ2) is 4.88. The Balaban J connectivity index is 2.68. The van der Waals surface area contributed by atoms with Gasteiger partial charge in [0.25, 0.3) is 0 Å². The molecule has 1 aromatic heterocycles. The van der Waals surface area contributed by atoms with Crippen molar-refractivity contribution < 1.29 is 14.3 Å². The molecule has 1 heterocycles. The van der Waals surface area contributed by atoms with Gasteiger partial charge in [-0.05, 0) is 12.1 Å². The molecule has 0 saturated heterocycles. The van der Waals surface area contributed by atoms with E-state index in [9.17, 15) is 9.18 Å². The van der Waals surface area contributed by atoms with E-state index in [4.69, 9.17) is 28.3 Å². The van der Waals surface area contributed by atoms with E-state index in [0.29, 0.717) is 0 Å². The lowest BCUT2D eigenvalue weighted by molar-refractivity contribution is 0.0690. The van der Waals surface area contributed by atoms with Crippen molar-refractivity contribution in [3.8, 4) is 11.4 Å². The largest absolute Gasteiger partial charge is 0.477 e. The van der Waals surface area contributed by atoms with Crippen LogP contribution in [0.1, 0.15) is 10.5 Å². The molecule has 92 valence electrons. The Labute approximate surface area is 111 Å². The van der Waals surface area contributed by atoms with Crippen molar-refractivity contribution in [3.05, 3.63) is 46.0 Å². The minimum Gasteiger partial charge on any atom is -0.477 e. The standard InChI is InChI=1S/C11H5Cl2FN2O2/c12-5-2-1-3-6(14)9(5)10-15-7(11(17)18)4-8(13)16-10/h1-4H,(H,17,18). The summed E-state index contributed by atoms with van der Waals surface area (Å²) in [5.41, 5.74) is -0.409. The quantitative estimate of drug-likeness (QED) is 0.861. The van der Waals surface area contributed by atoms with E-state index in [1.165, 1.54) is 18.2 Å². The van der Waals surface area contributed by atoms with Crippen LogP contribution in [0.15, 0.2) is 24.3 Å². The van der Waals surface area contributed by atoms with Crippen LogP contribution in [-0.2, 0) is 0 Å². The molecule has 0 amide bonds. The number of carboxylic acid groups (broad SMARTS) is 1. The summed E-state index contributed by atoms with van der Waals surface area (Å²) in [5.74, 6) is -2.10. The lowest BCUT2D eigenvalue weighted by Crippen LogP contribution is -2.04. The van der Waals surface area contributed by atoms with E-state index < -0.39 is 11.8 Å². The highest BCUT2D eigenvalue weighted by Gasteiger charge is 2.16. The van der Waals surface area contributed by atoms with Crippen molar-refractivity contribution in [1.82, 2.24) is 9.97 Å². The summed E-state index contributed by atoms with van der Waals surface area (Å²) in [6.07, 6.45) is 0. The zero-order valence-corrected chi connectivity index (χ0v) is 10.2. The summed E-state index contributed by atoms with van der Waals surface area (Å²) in [4.78, 5) is 18.3. The van der Waals surface area contributed by atoms with Crippen molar-refractivity contribution >= 4 is 29.2 Å². The number of halogens is 3. The maximum absolute atomic E-state index is 13.6. The van der Waals surface area contributed by atoms with Gasteiger partial charge in [-0.15, -0.1) is 0 Å². The van der Waals surface area contributed by atoms with Crippen LogP contribution in [0, 0.1) is 5.82 Å². The molecule has 18 heavy (non-hydrogen) atoms. The van der Waals surface area contributed by atoms with Crippen molar-refractivity contribution in [1.29, 1.82) is 0 Å². The Hall–Kier alpha value is -1.72. The van der Waals surface area contributed by atoms with Crippen LogP contribution >= 0.6 is 23.2 Å². The van der Waals surface area contributed by atoms with Crippen LogP contribution in [0.2, 0.25) is 10.2 Å². The first-order valence-electron chi connectivity index (χ1n) is 4.71. The van der Waals surface area contributed by atoms with E-state index >= 15 is 0 Å². The number of aromatic nitrogens is 2. The molecule has 4 nitrogen and oxygen atoms in total. The summed E-state index contributed by atoms with van der Waals surface area (Å²) < 4.78 is 13.6. The first kappa shape index (κ1) is 12.7. The minimum absolute atomic E-state index is 0.0774. The smallest absolute Gasteiger partial charge is 0.354 e. The summed E-state index contributed by atoms with van der Waals surface area (Å²) in [5, 5.41) is 8.82. The van der Waals surface area contributed by atoms with Crippen LogP contribution in [-0.4, -0.2) is 21.0 Å². The molecule has 2 rings (SSSR count). The number of carboxylic acids is 1. The first-order valence-corrected chi connectivity index (χ1v) is 5.47. The molecule has 7 heteroatoms. The van der Waals surface area contributed by atoms with E-state index in [-0.39, 0.29) is 27.3 Å². The number of hydrogen-bond acceptors (Lipinski definition) is 3. The van der Waals surface area contributed by atoms with Crippen LogP contribution in [0.5, 0.6) is 0 Å². The highest BCUT2D eigenvalue weighted by Crippen LogP contribution is 2.28. The summed E-state index contributed by atoms with van der Waals surface area (Å²) in [6, 6.07) is 5.11. The van der Waals surface area contributed by atoms with Gasteiger partial charge < -0.3 is 5.11 Å². The fraction of sp³-hybridized carbons (Fsp3) is 0. The number of hydrogen-bond donors (Lipinski definition) is 1. The third-order valence-corrected chi connectivity index (χ3v) is 2.61. The number of rotatable bonds is 2. The predicted octanol–water partition coefficient (Wildman–Crippen LogP) is 3.29. The topological polar surface area (TPSA) is 63.1 Å². The normalized spacial score (nSPS) is 10.4. The molecule has 0 unspecified atom stereocenters. The van der Waals surface area contributed by atoms with E-state index in [1.54, 1.807) is 0 Å². The number of aromatic carboxylic acids is 1. The van der Waals surface area contributed by atoms with Gasteiger partial charge in [-0.25, -0.2) is 19.2 Å². The molecule has 0 fully saturated rings. The third-order valence-electron chi connectivity index (χ3n) is 2.10. The number of benzene rings is 1. The molecule has 2 aromatic rings. The molecule has 0 aliphatic heterocycles. The Morgan fingerprint density at radius 3 is 2.61 bits per heavy atom. The maximum atomic E-state index is 13.6. The second-order valence-corrected chi connectivity index (χ2v) is 4.10. The van der Waals surface area contributed by atoms with Crippen molar-refractivity contribution in [2.45, 2.75) is 0 Å². The highest BCUT2D eigenvalue weighted by atomic mass is 35.5. The van der Waals surface area contributed by atoms with Crippen molar-refractivity contribution in [3.63, 3.8) is 0 Å². The average molecular weight is 287 g/mol. The Kier molecular flexibility index (Phi) is 3.45. The SMILES string of the molecule is O=C(O)c1cc(Cl)nc(-c2c(F)cccc2Cl)n1. The van der Waals surface area contributed by atoms with Gasteiger partial charge in [0, 0.05) is 6.07 Å². The van der Waals surface area contributed by atoms with Gasteiger partial charge in [0.2, 0.25) is 0 Å². The zero-order valence-electron chi connectivity index (χ0n) is 8.69. The van der Waals surface area contributed by atoms with Gasteiger partial charge >= 0.3 is 5.97 Å². The van der Waals surface area contributed by atoms with Gasteiger partial charge in [0.05, 0.1) is 10.6 Å². The molecule has 0 aliphatic carbocycles. The van der Waals surface area contributed by atoms with Gasteiger partial charge in [0.1, 0.15) is 11.0 Å². The van der Waals surface area contributed by atoms with Crippen molar-refractivity contribution in [2.75, 3.05) is 0 Å². The summed E-state index contributed by atoms with van der Waals surface area (Å²) >= 11 is 11.5. The molecule has 0 bridgehead atoms. The molecule has 0 spiro atoms. The minimum atomic E-state index is -1.28. The number of nitrogens with zero attached hydrogens (tertiary/aromatic N) is 2. The fourth-order valence-corrected chi connectivity index (χ4v) is 1.78. The molecule has 0 radical (unpaired) electrons. The third kappa shape index (κ3) is 2.42. The van der Waals surface area contributed by atoms with Crippen LogP contribution in [0.4, 0.5) is 4.39 Å². The maximum Gasteiger partial charge on any atom is 0.354 e. The summed E-state index contributed by atoms with van der Waals surface area (Å²) in [6.45, 7) is 0. The van der Waals surface area contributed by atoms with Gasteiger partial charge in [-0.2, -0.15) is 0 Å². The van der Waals surface area contributed by atoms with Crippen LogP contribution in [0.25, 0.3) is 11.4 Å². The molecular formula is C11H5Cl2FN2O2. The average Bonchev–Trinajstić information content (AvgIpc) is 2.28. The molecule has 1 aromatic carbocycles. The Bertz CT molecular complexity index is 614. The molecule has 1 N–H and O–H groups in total. The second-order valence-electron chi connectivity index (χ2n) is 3.30. The monoisotopic (exact) mass is 286 g/mol. The Morgan fingerprint density at radius 1 is 1.28 bits per heavy atom. The molecular weight excluding hydrogens is 282 g/mol. The van der Waals surface area contributed by atoms with Crippen LogP contribution < -0.4 is 0 Å². The molecule has 0 aliphatic rings.